The highest BCUT2D eigenvalue weighted by Crippen LogP contribution is 1.99. The van der Waals surface area contributed by atoms with Crippen LogP contribution >= 0.6 is 0 Å². The summed E-state index contributed by atoms with van der Waals surface area (Å²) in [4.78, 5) is 0. The Balaban J connectivity index is 3.84. The fourth-order valence-electron chi connectivity index (χ4n) is 1.07. The van der Waals surface area contributed by atoms with E-state index >= 15 is 0 Å². The summed E-state index contributed by atoms with van der Waals surface area (Å²) in [7, 11) is 0.0464. The quantitative estimate of drug-likeness (QED) is 0.570. The van der Waals surface area contributed by atoms with Crippen molar-refractivity contribution in [2.75, 3.05) is 46.2 Å². The Bertz CT molecular complexity index is 242. The predicted molar refractivity (Wildman–Crippen MR) is 61.5 cm³/mol. The highest BCUT2D eigenvalue weighted by Gasteiger charge is 2.16. The zero-order chi connectivity index (χ0) is 11.7. The summed E-state index contributed by atoms with van der Waals surface area (Å²) in [5, 5.41) is 3.10. The zero-order valence-corrected chi connectivity index (χ0v) is 10.6. The van der Waals surface area contributed by atoms with E-state index in [1.54, 1.807) is 14.2 Å². The predicted octanol–water partition coefficient (Wildman–Crippen LogP) is -0.106. The van der Waals surface area contributed by atoms with Crippen molar-refractivity contribution in [1.82, 2.24) is 9.62 Å². The number of hydrogen-bond acceptors (Lipinski definition) is 4. The van der Waals surface area contributed by atoms with Crippen LogP contribution in [0.4, 0.5) is 0 Å². The van der Waals surface area contributed by atoms with Crippen LogP contribution in [0.15, 0.2) is 0 Å². The molecule has 0 rings (SSSR count). The maximum Gasteiger partial charge on any atom is 0.213 e. The standard InChI is InChI=1S/C9H22N2O3S/c1-4-10-6-5-9-15(12,13)11(2)7-8-14-3/h10H,4-9H2,1-3H3. The number of sulfonamides is 1. The van der Waals surface area contributed by atoms with Gasteiger partial charge in [0, 0.05) is 20.7 Å². The summed E-state index contributed by atoms with van der Waals surface area (Å²) in [6.45, 7) is 4.47. The van der Waals surface area contributed by atoms with Gasteiger partial charge in [-0.2, -0.15) is 0 Å². The Morgan fingerprint density at radius 1 is 1.40 bits per heavy atom. The van der Waals surface area contributed by atoms with Crippen LogP contribution in [0.2, 0.25) is 0 Å². The van der Waals surface area contributed by atoms with Gasteiger partial charge in [-0.1, -0.05) is 6.92 Å². The Kier molecular flexibility index (Phi) is 7.95. The molecule has 1 N–H and O–H groups in total. The molecule has 0 unspecified atom stereocenters. The summed E-state index contributed by atoms with van der Waals surface area (Å²) < 4.78 is 29.5. The smallest absolute Gasteiger partial charge is 0.213 e. The minimum Gasteiger partial charge on any atom is -0.383 e. The van der Waals surface area contributed by atoms with Gasteiger partial charge >= 0.3 is 0 Å². The maximum absolute atomic E-state index is 11.6. The first-order chi connectivity index (χ1) is 7.04. The first kappa shape index (κ1) is 14.8. The molecule has 0 aliphatic carbocycles. The molecule has 0 atom stereocenters. The normalized spacial score (nSPS) is 12.3. The molecule has 0 aliphatic heterocycles. The van der Waals surface area contributed by atoms with E-state index in [1.165, 1.54) is 4.31 Å². The number of rotatable bonds is 9. The fourth-order valence-corrected chi connectivity index (χ4v) is 2.24. The van der Waals surface area contributed by atoms with Crippen LogP contribution in [0, 0.1) is 0 Å². The SMILES string of the molecule is CCNCCCS(=O)(=O)N(C)CCOC. The van der Waals surface area contributed by atoms with Gasteiger partial charge in [0.25, 0.3) is 0 Å². The molecule has 0 saturated carbocycles. The molecule has 0 aromatic heterocycles. The van der Waals surface area contributed by atoms with Crippen molar-refractivity contribution in [3.63, 3.8) is 0 Å². The molecular weight excluding hydrogens is 216 g/mol. The van der Waals surface area contributed by atoms with Crippen molar-refractivity contribution in [3.8, 4) is 0 Å². The molecule has 0 fully saturated rings. The van der Waals surface area contributed by atoms with Gasteiger partial charge in [-0.3, -0.25) is 0 Å². The topological polar surface area (TPSA) is 58.6 Å². The van der Waals surface area contributed by atoms with E-state index in [9.17, 15) is 8.42 Å². The van der Waals surface area contributed by atoms with Crippen LogP contribution in [0.3, 0.4) is 0 Å². The van der Waals surface area contributed by atoms with Gasteiger partial charge in [-0.05, 0) is 19.5 Å². The molecular formula is C9H22N2O3S. The van der Waals surface area contributed by atoms with Gasteiger partial charge in [0.1, 0.15) is 0 Å². The van der Waals surface area contributed by atoms with Gasteiger partial charge in [0.2, 0.25) is 10.0 Å². The minimum atomic E-state index is -3.10. The van der Waals surface area contributed by atoms with Crippen LogP contribution in [-0.2, 0) is 14.8 Å². The van der Waals surface area contributed by atoms with E-state index in [0.717, 1.165) is 13.1 Å². The number of ether oxygens (including phenoxy) is 1. The lowest BCUT2D eigenvalue weighted by molar-refractivity contribution is 0.185. The first-order valence-corrected chi connectivity index (χ1v) is 6.79. The molecule has 0 saturated heterocycles. The van der Waals surface area contributed by atoms with Crippen LogP contribution < -0.4 is 5.32 Å². The largest absolute Gasteiger partial charge is 0.383 e. The number of nitrogens with zero attached hydrogens (tertiary/aromatic N) is 1. The number of hydrogen-bond donors (Lipinski definition) is 1. The lowest BCUT2D eigenvalue weighted by Gasteiger charge is -2.16. The molecule has 0 radical (unpaired) electrons. The molecule has 0 aromatic rings. The lowest BCUT2D eigenvalue weighted by Crippen LogP contribution is -2.33. The summed E-state index contributed by atoms with van der Waals surface area (Å²) in [6, 6.07) is 0. The van der Waals surface area contributed by atoms with Crippen molar-refractivity contribution in [2.24, 2.45) is 0 Å². The van der Waals surface area contributed by atoms with Gasteiger partial charge < -0.3 is 10.1 Å². The molecule has 0 aromatic carbocycles. The second-order valence-corrected chi connectivity index (χ2v) is 5.53. The second kappa shape index (κ2) is 8.04. The van der Waals surface area contributed by atoms with E-state index in [1.807, 2.05) is 6.92 Å². The van der Waals surface area contributed by atoms with E-state index in [0.29, 0.717) is 19.6 Å². The third-order valence-corrected chi connectivity index (χ3v) is 4.03. The summed E-state index contributed by atoms with van der Waals surface area (Å²) >= 11 is 0. The molecule has 0 bridgehead atoms. The minimum absolute atomic E-state index is 0.195. The molecule has 0 heterocycles. The molecule has 15 heavy (non-hydrogen) atoms. The van der Waals surface area contributed by atoms with Crippen molar-refractivity contribution in [3.05, 3.63) is 0 Å². The molecule has 0 amide bonds. The Hall–Kier alpha value is -0.170. The molecule has 0 aliphatic rings. The van der Waals surface area contributed by atoms with Crippen molar-refractivity contribution in [1.29, 1.82) is 0 Å². The Morgan fingerprint density at radius 3 is 2.60 bits per heavy atom. The van der Waals surface area contributed by atoms with E-state index in [4.69, 9.17) is 4.74 Å². The Labute approximate surface area is 92.8 Å². The van der Waals surface area contributed by atoms with E-state index < -0.39 is 10.0 Å². The Morgan fingerprint density at radius 2 is 2.07 bits per heavy atom. The highest BCUT2D eigenvalue weighted by atomic mass is 32.2. The fraction of sp³-hybridized carbons (Fsp3) is 1.00. The molecule has 6 heteroatoms. The van der Waals surface area contributed by atoms with Gasteiger partial charge in [0.05, 0.1) is 12.4 Å². The molecule has 92 valence electrons. The van der Waals surface area contributed by atoms with Crippen LogP contribution in [0.25, 0.3) is 0 Å². The highest BCUT2D eigenvalue weighted by molar-refractivity contribution is 7.89. The third kappa shape index (κ3) is 6.83. The number of likely N-dealkylation sites (N-methyl/N-ethyl adjacent to an activating group) is 1. The third-order valence-electron chi connectivity index (χ3n) is 2.09. The van der Waals surface area contributed by atoms with Crippen molar-refractivity contribution >= 4 is 10.0 Å². The maximum atomic E-state index is 11.6. The van der Waals surface area contributed by atoms with Crippen LogP contribution in [0.5, 0.6) is 0 Å². The van der Waals surface area contributed by atoms with E-state index in [-0.39, 0.29) is 5.75 Å². The summed E-state index contributed by atoms with van der Waals surface area (Å²) in [5.41, 5.74) is 0. The number of methoxy groups -OCH3 is 1. The summed E-state index contributed by atoms with van der Waals surface area (Å²) in [5.74, 6) is 0.195. The average Bonchev–Trinajstić information content (AvgIpc) is 2.21. The second-order valence-electron chi connectivity index (χ2n) is 3.34. The van der Waals surface area contributed by atoms with Crippen molar-refractivity contribution in [2.45, 2.75) is 13.3 Å². The zero-order valence-electron chi connectivity index (χ0n) is 9.82. The van der Waals surface area contributed by atoms with Crippen LogP contribution in [-0.4, -0.2) is 58.9 Å². The average molecular weight is 238 g/mol. The number of nitrogens with one attached hydrogen (secondary N) is 1. The van der Waals surface area contributed by atoms with Gasteiger partial charge in [-0.25, -0.2) is 12.7 Å². The summed E-state index contributed by atoms with van der Waals surface area (Å²) in [6.07, 6.45) is 0.646. The van der Waals surface area contributed by atoms with Gasteiger partial charge in [0.15, 0.2) is 0 Å². The first-order valence-electron chi connectivity index (χ1n) is 5.18. The molecule has 5 nitrogen and oxygen atoms in total. The van der Waals surface area contributed by atoms with E-state index in [2.05, 4.69) is 5.32 Å². The van der Waals surface area contributed by atoms with Crippen molar-refractivity contribution < 1.29 is 13.2 Å². The molecule has 0 spiro atoms. The van der Waals surface area contributed by atoms with Crippen LogP contribution in [0.1, 0.15) is 13.3 Å². The monoisotopic (exact) mass is 238 g/mol. The lowest BCUT2D eigenvalue weighted by atomic mass is 10.5. The van der Waals surface area contributed by atoms with Gasteiger partial charge in [-0.15, -0.1) is 0 Å².